The van der Waals surface area contributed by atoms with Gasteiger partial charge in [0.2, 0.25) is 0 Å². The fraction of sp³-hybridized carbons (Fsp3) is 0.333. The maximum Gasteiger partial charge on any atom is 0.323 e. The number of hydrogen-bond donors (Lipinski definition) is 0. The van der Waals surface area contributed by atoms with E-state index in [-0.39, 0.29) is 12.4 Å². The Labute approximate surface area is 108 Å². The molecule has 0 radical (unpaired) electrons. The topological polar surface area (TPSA) is 69.2 Å². The number of ketones is 1. The van der Waals surface area contributed by atoms with Crippen molar-refractivity contribution in [2.75, 3.05) is 6.61 Å². The number of ether oxygens (including phenoxy) is 1. The van der Waals surface area contributed by atoms with Gasteiger partial charge in [-0.15, -0.1) is 0 Å². The second-order valence-electron chi connectivity index (χ2n) is 3.68. The highest BCUT2D eigenvalue weighted by Gasteiger charge is 2.30. The number of nitrogens with zero attached hydrogens (tertiary/aromatic N) is 2. The number of carbonyl (C=O) groups is 2. The van der Waals surface area contributed by atoms with Crippen LogP contribution in [0.2, 0.25) is 0 Å². The predicted octanol–water partition coefficient (Wildman–Crippen LogP) is 1.93. The summed E-state index contributed by atoms with van der Waals surface area (Å²) in [6.45, 7) is 3.31. The van der Waals surface area contributed by atoms with Gasteiger partial charge in [-0.05, 0) is 26.0 Å². The monoisotopic (exact) mass is 264 g/mol. The maximum atomic E-state index is 11.8. The third-order valence-corrected chi connectivity index (χ3v) is 3.40. The molecule has 0 N–H and O–H groups in total. The number of rotatable bonds is 4. The number of thiazole rings is 1. The van der Waals surface area contributed by atoms with Gasteiger partial charge in [0, 0.05) is 6.20 Å². The van der Waals surface area contributed by atoms with Crippen LogP contribution < -0.4 is 0 Å². The van der Waals surface area contributed by atoms with Crippen LogP contribution in [-0.2, 0) is 14.3 Å². The lowest BCUT2D eigenvalue weighted by Gasteiger charge is -2.08. The Morgan fingerprint density at radius 1 is 1.50 bits per heavy atom. The van der Waals surface area contributed by atoms with Gasteiger partial charge in [0.25, 0.3) is 0 Å². The highest BCUT2D eigenvalue weighted by molar-refractivity contribution is 7.18. The minimum atomic E-state index is -0.941. The summed E-state index contributed by atoms with van der Waals surface area (Å²) in [7, 11) is 0. The second kappa shape index (κ2) is 5.22. The van der Waals surface area contributed by atoms with Crippen LogP contribution in [0.5, 0.6) is 0 Å². The van der Waals surface area contributed by atoms with E-state index in [4.69, 9.17) is 4.74 Å². The normalized spacial score (nSPS) is 12.3. The van der Waals surface area contributed by atoms with E-state index >= 15 is 0 Å². The van der Waals surface area contributed by atoms with Gasteiger partial charge < -0.3 is 4.74 Å². The van der Waals surface area contributed by atoms with Crippen molar-refractivity contribution in [3.8, 4) is 0 Å². The standard InChI is InChI=1S/C12H12N2O3S/c1-3-17-12(16)9(7(2)15)11-14-8-5-4-6-13-10(8)18-11/h4-6,9H,3H2,1-2H3. The van der Waals surface area contributed by atoms with E-state index in [0.29, 0.717) is 15.4 Å². The quantitative estimate of drug-likeness (QED) is 0.623. The molecule has 0 saturated carbocycles. The minimum absolute atomic E-state index is 0.242. The van der Waals surface area contributed by atoms with Crippen LogP contribution >= 0.6 is 11.3 Å². The molecule has 0 aromatic carbocycles. The lowest BCUT2D eigenvalue weighted by molar-refractivity contribution is -0.147. The first-order valence-electron chi connectivity index (χ1n) is 5.52. The van der Waals surface area contributed by atoms with E-state index in [9.17, 15) is 9.59 Å². The zero-order valence-corrected chi connectivity index (χ0v) is 10.9. The fourth-order valence-electron chi connectivity index (χ4n) is 1.58. The van der Waals surface area contributed by atoms with Crippen molar-refractivity contribution in [2.24, 2.45) is 0 Å². The molecule has 0 aliphatic heterocycles. The highest BCUT2D eigenvalue weighted by atomic mass is 32.1. The van der Waals surface area contributed by atoms with Gasteiger partial charge in [0.15, 0.2) is 11.7 Å². The smallest absolute Gasteiger partial charge is 0.323 e. The Kier molecular flexibility index (Phi) is 3.66. The molecule has 0 bridgehead atoms. The number of hydrogen-bond acceptors (Lipinski definition) is 6. The van der Waals surface area contributed by atoms with Crippen molar-refractivity contribution in [3.05, 3.63) is 23.3 Å². The first-order valence-corrected chi connectivity index (χ1v) is 6.33. The number of aromatic nitrogens is 2. The average Bonchev–Trinajstić information content (AvgIpc) is 2.71. The molecule has 0 fully saturated rings. The Morgan fingerprint density at radius 2 is 2.28 bits per heavy atom. The Bertz CT molecular complexity index is 561. The van der Waals surface area contributed by atoms with E-state index in [2.05, 4.69) is 9.97 Å². The van der Waals surface area contributed by atoms with Gasteiger partial charge in [-0.2, -0.15) is 0 Å². The number of fused-ring (bicyclic) bond motifs is 1. The van der Waals surface area contributed by atoms with Crippen molar-refractivity contribution in [1.29, 1.82) is 0 Å². The van der Waals surface area contributed by atoms with Gasteiger partial charge in [-0.3, -0.25) is 9.59 Å². The van der Waals surface area contributed by atoms with Crippen LogP contribution in [0.1, 0.15) is 24.8 Å². The number of Topliss-reactive ketones (excluding diaryl/α,β-unsaturated/α-hetero) is 1. The molecule has 2 aromatic rings. The molecule has 0 aliphatic carbocycles. The van der Waals surface area contributed by atoms with Crippen LogP contribution in [0.25, 0.3) is 10.3 Å². The minimum Gasteiger partial charge on any atom is -0.465 e. The Balaban J connectivity index is 2.42. The number of pyridine rings is 1. The molecule has 5 nitrogen and oxygen atoms in total. The van der Waals surface area contributed by atoms with Gasteiger partial charge in [-0.1, -0.05) is 11.3 Å². The van der Waals surface area contributed by atoms with Crippen molar-refractivity contribution in [1.82, 2.24) is 9.97 Å². The predicted molar refractivity (Wildman–Crippen MR) is 67.5 cm³/mol. The average molecular weight is 264 g/mol. The molecule has 94 valence electrons. The molecular weight excluding hydrogens is 252 g/mol. The molecule has 2 rings (SSSR count). The molecule has 0 aliphatic rings. The number of carbonyl (C=O) groups excluding carboxylic acids is 2. The molecule has 1 atom stereocenters. The Morgan fingerprint density at radius 3 is 2.89 bits per heavy atom. The van der Waals surface area contributed by atoms with Crippen molar-refractivity contribution in [2.45, 2.75) is 19.8 Å². The summed E-state index contributed by atoms with van der Waals surface area (Å²) in [6, 6.07) is 3.56. The first-order chi connectivity index (χ1) is 8.63. The summed E-state index contributed by atoms with van der Waals surface area (Å²) in [5, 5.41) is 0.439. The van der Waals surface area contributed by atoms with E-state index < -0.39 is 11.9 Å². The van der Waals surface area contributed by atoms with Gasteiger partial charge in [0.1, 0.15) is 15.4 Å². The third kappa shape index (κ3) is 2.38. The lowest BCUT2D eigenvalue weighted by atomic mass is 10.1. The molecule has 6 heteroatoms. The summed E-state index contributed by atoms with van der Waals surface area (Å²) < 4.78 is 4.90. The molecule has 1 unspecified atom stereocenters. The van der Waals surface area contributed by atoms with Gasteiger partial charge in [-0.25, -0.2) is 9.97 Å². The SMILES string of the molecule is CCOC(=O)C(C(C)=O)c1nc2cccnc2s1. The molecule has 0 spiro atoms. The zero-order valence-electron chi connectivity index (χ0n) is 10.0. The number of esters is 1. The van der Waals surface area contributed by atoms with Gasteiger partial charge >= 0.3 is 5.97 Å². The summed E-state index contributed by atoms with van der Waals surface area (Å²) in [5.74, 6) is -1.76. The molecule has 0 amide bonds. The van der Waals surface area contributed by atoms with E-state index in [0.717, 1.165) is 0 Å². The summed E-state index contributed by atoms with van der Waals surface area (Å²) in [5.41, 5.74) is 0.688. The van der Waals surface area contributed by atoms with Crippen molar-refractivity contribution >= 4 is 33.4 Å². The highest BCUT2D eigenvalue weighted by Crippen LogP contribution is 2.27. The van der Waals surface area contributed by atoms with E-state index in [1.165, 1.54) is 18.3 Å². The van der Waals surface area contributed by atoms with E-state index in [1.54, 1.807) is 25.3 Å². The summed E-state index contributed by atoms with van der Waals surface area (Å²) >= 11 is 1.24. The van der Waals surface area contributed by atoms with E-state index in [1.807, 2.05) is 0 Å². The maximum absolute atomic E-state index is 11.8. The van der Waals surface area contributed by atoms with Crippen molar-refractivity contribution < 1.29 is 14.3 Å². The fourth-order valence-corrected chi connectivity index (χ4v) is 2.63. The first kappa shape index (κ1) is 12.6. The van der Waals surface area contributed by atoms with Crippen molar-refractivity contribution in [3.63, 3.8) is 0 Å². The van der Waals surface area contributed by atoms with Gasteiger partial charge in [0.05, 0.1) is 6.61 Å². The summed E-state index contributed by atoms with van der Waals surface area (Å²) in [6.07, 6.45) is 1.65. The van der Waals surface area contributed by atoms with Crippen LogP contribution in [0, 0.1) is 0 Å². The molecule has 0 saturated heterocycles. The Hall–Kier alpha value is -1.82. The summed E-state index contributed by atoms with van der Waals surface area (Å²) in [4.78, 5) is 32.5. The molecule has 2 aromatic heterocycles. The largest absolute Gasteiger partial charge is 0.465 e. The third-order valence-electron chi connectivity index (χ3n) is 2.36. The molecular formula is C12H12N2O3S. The molecule has 2 heterocycles. The van der Waals surface area contributed by atoms with Crippen LogP contribution in [0.15, 0.2) is 18.3 Å². The van der Waals surface area contributed by atoms with Crippen LogP contribution in [-0.4, -0.2) is 28.3 Å². The van der Waals surface area contributed by atoms with Crippen LogP contribution in [0.4, 0.5) is 0 Å². The molecule has 18 heavy (non-hydrogen) atoms. The lowest BCUT2D eigenvalue weighted by Crippen LogP contribution is -2.22. The van der Waals surface area contributed by atoms with Crippen LogP contribution in [0.3, 0.4) is 0 Å². The zero-order chi connectivity index (χ0) is 13.1. The second-order valence-corrected chi connectivity index (χ2v) is 4.68.